The molecule has 0 aliphatic heterocycles. The van der Waals surface area contributed by atoms with Gasteiger partial charge in [0, 0.05) is 5.25 Å². The van der Waals surface area contributed by atoms with Gasteiger partial charge in [-0.2, -0.15) is 12.6 Å². The molecule has 0 bridgehead atoms. The van der Waals surface area contributed by atoms with Crippen LogP contribution in [0.2, 0.25) is 0 Å². The highest BCUT2D eigenvalue weighted by Gasteiger charge is 2.09. The molecule has 1 unspecified atom stereocenters. The Morgan fingerprint density at radius 2 is 1.60 bits per heavy atom. The van der Waals surface area contributed by atoms with Crippen molar-refractivity contribution in [2.75, 3.05) is 7.11 Å². The molecular formula is C16H18O3S. The number of carbonyl (C=O) groups is 1. The van der Waals surface area contributed by atoms with E-state index in [0.717, 1.165) is 11.3 Å². The van der Waals surface area contributed by atoms with Crippen LogP contribution in [0.4, 0.5) is 0 Å². The normalized spacial score (nSPS) is 10.9. The number of thiol groups is 1. The molecule has 20 heavy (non-hydrogen) atoms. The number of rotatable bonds is 4. The Labute approximate surface area is 124 Å². The smallest absolute Gasteiger partial charge is 0.304 e. The molecule has 0 aliphatic carbocycles. The molecule has 4 heteroatoms. The van der Waals surface area contributed by atoms with E-state index < -0.39 is 5.97 Å². The van der Waals surface area contributed by atoms with Crippen LogP contribution in [0.5, 0.6) is 5.75 Å². The fourth-order valence-electron chi connectivity index (χ4n) is 1.52. The van der Waals surface area contributed by atoms with Gasteiger partial charge in [-0.05, 0) is 17.7 Å². The maximum absolute atomic E-state index is 10.3. The zero-order chi connectivity index (χ0) is 14.8. The summed E-state index contributed by atoms with van der Waals surface area (Å²) in [5, 5.41) is 8.29. The van der Waals surface area contributed by atoms with Crippen LogP contribution >= 0.6 is 12.6 Å². The zero-order valence-electron chi connectivity index (χ0n) is 11.3. The van der Waals surface area contributed by atoms with Crippen LogP contribution in [0.3, 0.4) is 0 Å². The van der Waals surface area contributed by atoms with Crippen LogP contribution in [0, 0.1) is 0 Å². The summed E-state index contributed by atoms with van der Waals surface area (Å²) >= 11 is 4.18. The first kappa shape index (κ1) is 16.1. The molecule has 1 N–H and O–H groups in total. The summed E-state index contributed by atoms with van der Waals surface area (Å²) in [5.41, 5.74) is 0.947. The molecule has 2 rings (SSSR count). The summed E-state index contributed by atoms with van der Waals surface area (Å²) in [4.78, 5) is 10.3. The van der Waals surface area contributed by atoms with Crippen molar-refractivity contribution in [2.24, 2.45) is 0 Å². The monoisotopic (exact) mass is 290 g/mol. The molecule has 0 aromatic heterocycles. The first-order valence-corrected chi connectivity index (χ1v) is 6.69. The number of hydrogen-bond acceptors (Lipinski definition) is 3. The third kappa shape index (κ3) is 6.29. The van der Waals surface area contributed by atoms with Crippen LogP contribution < -0.4 is 4.74 Å². The second kappa shape index (κ2) is 9.04. The van der Waals surface area contributed by atoms with Crippen molar-refractivity contribution < 1.29 is 14.6 Å². The Balaban J connectivity index is 0.000000217. The highest BCUT2D eigenvalue weighted by atomic mass is 32.1. The van der Waals surface area contributed by atoms with Gasteiger partial charge in [-0.15, -0.1) is 0 Å². The van der Waals surface area contributed by atoms with Crippen LogP contribution in [0.1, 0.15) is 17.2 Å². The molecule has 0 fully saturated rings. The van der Waals surface area contributed by atoms with Gasteiger partial charge in [0.15, 0.2) is 0 Å². The highest BCUT2D eigenvalue weighted by molar-refractivity contribution is 7.80. The van der Waals surface area contributed by atoms with E-state index in [4.69, 9.17) is 9.84 Å². The molecule has 106 valence electrons. The number of carboxylic acid groups (broad SMARTS) is 1. The number of methoxy groups -OCH3 is 1. The van der Waals surface area contributed by atoms with Gasteiger partial charge in [0.1, 0.15) is 5.75 Å². The lowest BCUT2D eigenvalue weighted by atomic mass is 10.1. The molecule has 0 radical (unpaired) electrons. The molecule has 2 aromatic carbocycles. The molecule has 0 aliphatic rings. The van der Waals surface area contributed by atoms with Crippen molar-refractivity contribution in [3.8, 4) is 5.75 Å². The number of para-hydroxylation sites is 1. The summed E-state index contributed by atoms with van der Waals surface area (Å²) in [6.07, 6.45) is 0.0626. The first-order valence-electron chi connectivity index (χ1n) is 6.17. The third-order valence-corrected chi connectivity index (χ3v) is 3.01. The van der Waals surface area contributed by atoms with Gasteiger partial charge >= 0.3 is 5.97 Å². The highest BCUT2D eigenvalue weighted by Crippen LogP contribution is 2.22. The van der Waals surface area contributed by atoms with Gasteiger partial charge in [0.05, 0.1) is 13.5 Å². The fourth-order valence-corrected chi connectivity index (χ4v) is 1.84. The zero-order valence-corrected chi connectivity index (χ0v) is 12.2. The summed E-state index contributed by atoms with van der Waals surface area (Å²) in [5.74, 6) is 0.0892. The molecule has 1 atom stereocenters. The average Bonchev–Trinajstić information content (AvgIpc) is 2.49. The summed E-state index contributed by atoms with van der Waals surface area (Å²) < 4.78 is 4.91. The first-order chi connectivity index (χ1) is 9.63. The van der Waals surface area contributed by atoms with Crippen LogP contribution in [-0.2, 0) is 4.79 Å². The van der Waals surface area contributed by atoms with Gasteiger partial charge in [-0.1, -0.05) is 48.5 Å². The predicted octanol–water partition coefficient (Wildman–Crippen LogP) is 3.83. The molecule has 0 saturated heterocycles. The Morgan fingerprint density at radius 3 is 2.00 bits per heavy atom. The molecule has 3 nitrogen and oxygen atoms in total. The second-order valence-corrected chi connectivity index (χ2v) is 4.66. The predicted molar refractivity (Wildman–Crippen MR) is 83.4 cm³/mol. The minimum absolute atomic E-state index is 0.0626. The molecule has 2 aromatic rings. The largest absolute Gasteiger partial charge is 0.497 e. The average molecular weight is 290 g/mol. The summed E-state index contributed by atoms with van der Waals surface area (Å²) in [6.45, 7) is 0. The van der Waals surface area contributed by atoms with E-state index >= 15 is 0 Å². The Hall–Kier alpha value is -1.94. The molecule has 0 amide bonds. The Bertz CT molecular complexity index is 500. The van der Waals surface area contributed by atoms with E-state index in [1.165, 1.54) is 0 Å². The topological polar surface area (TPSA) is 46.5 Å². The lowest BCUT2D eigenvalue weighted by molar-refractivity contribution is -0.137. The lowest BCUT2D eigenvalue weighted by Crippen LogP contribution is -2.00. The third-order valence-electron chi connectivity index (χ3n) is 2.53. The maximum atomic E-state index is 10.3. The van der Waals surface area contributed by atoms with Crippen LogP contribution in [-0.4, -0.2) is 18.2 Å². The molecular weight excluding hydrogens is 272 g/mol. The van der Waals surface area contributed by atoms with E-state index in [1.54, 1.807) is 7.11 Å². The van der Waals surface area contributed by atoms with Gasteiger partial charge in [-0.25, -0.2) is 0 Å². The number of ether oxygens (including phenoxy) is 1. The maximum Gasteiger partial charge on any atom is 0.304 e. The molecule has 0 heterocycles. The lowest BCUT2D eigenvalue weighted by Gasteiger charge is -2.06. The van der Waals surface area contributed by atoms with E-state index in [1.807, 2.05) is 60.7 Å². The quantitative estimate of drug-likeness (QED) is 0.841. The van der Waals surface area contributed by atoms with Crippen molar-refractivity contribution >= 4 is 18.6 Å². The van der Waals surface area contributed by atoms with Gasteiger partial charge in [-0.3, -0.25) is 4.79 Å². The van der Waals surface area contributed by atoms with E-state index in [9.17, 15) is 4.79 Å². The van der Waals surface area contributed by atoms with Gasteiger partial charge in [0.2, 0.25) is 0 Å². The minimum Gasteiger partial charge on any atom is -0.497 e. The SMILES string of the molecule is COc1ccccc1.O=C(O)CC(S)c1ccccc1. The fraction of sp³-hybridized carbons (Fsp3) is 0.188. The van der Waals surface area contributed by atoms with E-state index in [0.29, 0.717) is 0 Å². The van der Waals surface area contributed by atoms with E-state index in [-0.39, 0.29) is 11.7 Å². The van der Waals surface area contributed by atoms with Crippen molar-refractivity contribution in [1.29, 1.82) is 0 Å². The molecule has 0 spiro atoms. The van der Waals surface area contributed by atoms with Gasteiger partial charge < -0.3 is 9.84 Å². The molecule has 0 saturated carbocycles. The van der Waals surface area contributed by atoms with E-state index in [2.05, 4.69) is 12.6 Å². The Kier molecular flexibility index (Phi) is 7.29. The standard InChI is InChI=1S/C9H10O2S.C7H8O/c10-9(11)6-8(12)7-4-2-1-3-5-7;1-8-7-5-3-2-4-6-7/h1-5,8,12H,6H2,(H,10,11);2-6H,1H3. The summed E-state index contributed by atoms with van der Waals surface area (Å²) in [6, 6.07) is 19.1. The van der Waals surface area contributed by atoms with Crippen molar-refractivity contribution in [1.82, 2.24) is 0 Å². The van der Waals surface area contributed by atoms with Crippen LogP contribution in [0.25, 0.3) is 0 Å². The minimum atomic E-state index is -0.821. The van der Waals surface area contributed by atoms with Crippen molar-refractivity contribution in [3.05, 3.63) is 66.2 Å². The number of hydrogen-bond donors (Lipinski definition) is 2. The van der Waals surface area contributed by atoms with Crippen molar-refractivity contribution in [3.63, 3.8) is 0 Å². The van der Waals surface area contributed by atoms with Crippen molar-refractivity contribution in [2.45, 2.75) is 11.7 Å². The number of benzene rings is 2. The number of carboxylic acids is 1. The van der Waals surface area contributed by atoms with Crippen LogP contribution in [0.15, 0.2) is 60.7 Å². The number of aliphatic carboxylic acids is 1. The second-order valence-electron chi connectivity index (χ2n) is 4.04. The summed E-state index contributed by atoms with van der Waals surface area (Å²) in [7, 11) is 1.66. The van der Waals surface area contributed by atoms with Gasteiger partial charge in [0.25, 0.3) is 0 Å². The Morgan fingerprint density at radius 1 is 1.10 bits per heavy atom.